The Morgan fingerprint density at radius 3 is 2.86 bits per heavy atom. The van der Waals surface area contributed by atoms with Crippen molar-refractivity contribution in [3.8, 4) is 0 Å². The predicted molar refractivity (Wildman–Crippen MR) is 76.3 cm³/mol. The van der Waals surface area contributed by atoms with Crippen LogP contribution in [0, 0.1) is 0 Å². The lowest BCUT2D eigenvalue weighted by molar-refractivity contribution is -0.136. The van der Waals surface area contributed by atoms with Crippen LogP contribution in [0.3, 0.4) is 0 Å². The molecule has 1 fully saturated rings. The van der Waals surface area contributed by atoms with E-state index in [0.717, 1.165) is 12.8 Å². The van der Waals surface area contributed by atoms with Crippen molar-refractivity contribution >= 4 is 23.9 Å². The molecule has 1 aliphatic rings. The monoisotopic (exact) mass is 290 g/mol. The number of pyridine rings is 1. The van der Waals surface area contributed by atoms with Crippen molar-refractivity contribution in [2.24, 2.45) is 0 Å². The van der Waals surface area contributed by atoms with Crippen LogP contribution in [0.1, 0.15) is 19.3 Å². The maximum atomic E-state index is 12.2. The first-order valence-corrected chi connectivity index (χ1v) is 6.89. The number of hydrogen-bond acceptors (Lipinski definition) is 4. The van der Waals surface area contributed by atoms with Crippen molar-refractivity contribution in [2.45, 2.75) is 25.3 Å². The normalized spacial score (nSPS) is 18.8. The Morgan fingerprint density at radius 1 is 1.38 bits per heavy atom. The standard InChI is InChI=1S/C14H18N4O3/c19-10-16-12-3-1-2-8-18(14(12)21)9-13(20)17-11-4-6-15-7-5-11/h4-7,10,12H,1-3,8-9H2,(H,16,19)(H,15,17,20)/t12-/m0/s1. The number of rotatable bonds is 5. The lowest BCUT2D eigenvalue weighted by Crippen LogP contribution is -2.47. The third-order valence-corrected chi connectivity index (χ3v) is 3.35. The minimum Gasteiger partial charge on any atom is -0.347 e. The Hall–Kier alpha value is -2.44. The summed E-state index contributed by atoms with van der Waals surface area (Å²) in [6.45, 7) is 0.512. The Labute approximate surface area is 122 Å². The average Bonchev–Trinajstić information content (AvgIpc) is 2.64. The van der Waals surface area contributed by atoms with Gasteiger partial charge in [0.1, 0.15) is 6.04 Å². The molecule has 7 heteroatoms. The molecule has 0 radical (unpaired) electrons. The molecule has 1 saturated heterocycles. The van der Waals surface area contributed by atoms with E-state index in [1.54, 1.807) is 24.5 Å². The minimum absolute atomic E-state index is 0.0157. The van der Waals surface area contributed by atoms with Crippen LogP contribution in [0.25, 0.3) is 0 Å². The Kier molecular flexibility index (Phi) is 5.25. The summed E-state index contributed by atoms with van der Waals surface area (Å²) in [5, 5.41) is 5.23. The Balaban J connectivity index is 1.95. The highest BCUT2D eigenvalue weighted by molar-refractivity contribution is 5.95. The lowest BCUT2D eigenvalue weighted by Gasteiger charge is -2.23. The maximum Gasteiger partial charge on any atom is 0.245 e. The number of nitrogens with zero attached hydrogens (tertiary/aromatic N) is 2. The van der Waals surface area contributed by atoms with Crippen LogP contribution in [0.15, 0.2) is 24.5 Å². The molecule has 21 heavy (non-hydrogen) atoms. The third-order valence-electron chi connectivity index (χ3n) is 3.35. The largest absolute Gasteiger partial charge is 0.347 e. The maximum absolute atomic E-state index is 12.2. The van der Waals surface area contributed by atoms with E-state index in [4.69, 9.17) is 0 Å². The van der Waals surface area contributed by atoms with Crippen molar-refractivity contribution in [1.82, 2.24) is 15.2 Å². The van der Waals surface area contributed by atoms with Crippen LogP contribution in [0.2, 0.25) is 0 Å². The molecule has 2 rings (SSSR count). The molecule has 0 aromatic carbocycles. The second kappa shape index (κ2) is 7.37. The fourth-order valence-corrected chi connectivity index (χ4v) is 2.31. The molecule has 1 aromatic rings. The first-order valence-electron chi connectivity index (χ1n) is 6.89. The quantitative estimate of drug-likeness (QED) is 0.755. The summed E-state index contributed by atoms with van der Waals surface area (Å²) < 4.78 is 0. The number of aromatic nitrogens is 1. The van der Waals surface area contributed by atoms with Crippen molar-refractivity contribution in [3.63, 3.8) is 0 Å². The molecule has 1 atom stereocenters. The molecule has 0 unspecified atom stereocenters. The van der Waals surface area contributed by atoms with E-state index in [9.17, 15) is 14.4 Å². The van der Waals surface area contributed by atoms with E-state index < -0.39 is 6.04 Å². The highest BCUT2D eigenvalue weighted by Gasteiger charge is 2.27. The summed E-state index contributed by atoms with van der Waals surface area (Å²) in [5.41, 5.74) is 0.639. The fraction of sp³-hybridized carbons (Fsp3) is 0.429. The van der Waals surface area contributed by atoms with Gasteiger partial charge in [-0.1, -0.05) is 0 Å². The zero-order chi connectivity index (χ0) is 15.1. The summed E-state index contributed by atoms with van der Waals surface area (Å²) in [5.74, 6) is -0.467. The number of likely N-dealkylation sites (tertiary alicyclic amines) is 1. The molecule has 0 spiro atoms. The summed E-state index contributed by atoms with van der Waals surface area (Å²) in [6.07, 6.45) is 5.97. The molecule has 2 heterocycles. The number of anilines is 1. The molecule has 7 nitrogen and oxygen atoms in total. The molecule has 3 amide bonds. The second-order valence-corrected chi connectivity index (χ2v) is 4.88. The minimum atomic E-state index is -0.529. The van der Waals surface area contributed by atoms with E-state index >= 15 is 0 Å². The van der Waals surface area contributed by atoms with E-state index in [1.165, 1.54) is 4.90 Å². The van der Waals surface area contributed by atoms with Crippen molar-refractivity contribution in [2.75, 3.05) is 18.4 Å². The number of amides is 3. The SMILES string of the molecule is O=CN[C@H]1CCCCN(CC(=O)Nc2ccncc2)C1=O. The summed E-state index contributed by atoms with van der Waals surface area (Å²) >= 11 is 0. The van der Waals surface area contributed by atoms with E-state index in [0.29, 0.717) is 25.1 Å². The number of carbonyl (C=O) groups excluding carboxylic acids is 3. The van der Waals surface area contributed by atoms with Crippen molar-refractivity contribution in [1.29, 1.82) is 0 Å². The van der Waals surface area contributed by atoms with E-state index in [-0.39, 0.29) is 18.4 Å². The number of nitrogens with one attached hydrogen (secondary N) is 2. The van der Waals surface area contributed by atoms with E-state index in [1.807, 2.05) is 0 Å². The lowest BCUT2D eigenvalue weighted by atomic mass is 10.1. The van der Waals surface area contributed by atoms with Gasteiger partial charge in [-0.2, -0.15) is 0 Å². The van der Waals surface area contributed by atoms with E-state index in [2.05, 4.69) is 15.6 Å². The first kappa shape index (κ1) is 15.0. The first-order chi connectivity index (χ1) is 10.2. The summed E-state index contributed by atoms with van der Waals surface area (Å²) in [6, 6.07) is 2.83. The molecule has 112 valence electrons. The number of carbonyl (C=O) groups is 3. The zero-order valence-corrected chi connectivity index (χ0v) is 11.6. The van der Waals surface area contributed by atoms with Crippen molar-refractivity contribution < 1.29 is 14.4 Å². The van der Waals surface area contributed by atoms with Gasteiger partial charge >= 0.3 is 0 Å². The average molecular weight is 290 g/mol. The highest BCUT2D eigenvalue weighted by Crippen LogP contribution is 2.12. The van der Waals surface area contributed by atoms with Gasteiger partial charge in [0.25, 0.3) is 0 Å². The molecule has 0 saturated carbocycles. The fourth-order valence-electron chi connectivity index (χ4n) is 2.31. The van der Waals surface area contributed by atoms with Crippen LogP contribution in [0.4, 0.5) is 5.69 Å². The Bertz CT molecular complexity index is 506. The third kappa shape index (κ3) is 4.27. The molecule has 0 aliphatic carbocycles. The molecular weight excluding hydrogens is 272 g/mol. The van der Waals surface area contributed by atoms with Gasteiger partial charge in [0, 0.05) is 24.6 Å². The van der Waals surface area contributed by atoms with Gasteiger partial charge in [0.2, 0.25) is 18.2 Å². The molecule has 2 N–H and O–H groups in total. The highest BCUT2D eigenvalue weighted by atomic mass is 16.2. The molecule has 1 aromatic heterocycles. The van der Waals surface area contributed by atoms with Gasteiger partial charge in [-0.05, 0) is 31.4 Å². The van der Waals surface area contributed by atoms with Crippen LogP contribution in [0.5, 0.6) is 0 Å². The van der Waals surface area contributed by atoms with Gasteiger partial charge in [-0.15, -0.1) is 0 Å². The van der Waals surface area contributed by atoms with Crippen LogP contribution >= 0.6 is 0 Å². The van der Waals surface area contributed by atoms with Gasteiger partial charge in [0.15, 0.2) is 0 Å². The summed E-state index contributed by atoms with van der Waals surface area (Å²) in [4.78, 5) is 40.1. The van der Waals surface area contributed by atoms with Gasteiger partial charge in [0.05, 0.1) is 6.54 Å². The van der Waals surface area contributed by atoms with Crippen LogP contribution < -0.4 is 10.6 Å². The molecule has 0 bridgehead atoms. The van der Waals surface area contributed by atoms with Gasteiger partial charge < -0.3 is 15.5 Å². The summed E-state index contributed by atoms with van der Waals surface area (Å²) in [7, 11) is 0. The van der Waals surface area contributed by atoms with Gasteiger partial charge in [-0.3, -0.25) is 19.4 Å². The topological polar surface area (TPSA) is 91.4 Å². The smallest absolute Gasteiger partial charge is 0.245 e. The zero-order valence-electron chi connectivity index (χ0n) is 11.6. The van der Waals surface area contributed by atoms with Crippen LogP contribution in [-0.2, 0) is 14.4 Å². The van der Waals surface area contributed by atoms with Gasteiger partial charge in [-0.25, -0.2) is 0 Å². The molecular formula is C14H18N4O3. The number of hydrogen-bond donors (Lipinski definition) is 2. The Morgan fingerprint density at radius 2 is 2.14 bits per heavy atom. The van der Waals surface area contributed by atoms with Crippen molar-refractivity contribution in [3.05, 3.63) is 24.5 Å². The van der Waals surface area contributed by atoms with Crippen LogP contribution in [-0.4, -0.2) is 47.2 Å². The molecule has 1 aliphatic heterocycles. The predicted octanol–water partition coefficient (Wildman–Crippen LogP) is 0.147. The second-order valence-electron chi connectivity index (χ2n) is 4.88.